The van der Waals surface area contributed by atoms with Gasteiger partial charge in [0.15, 0.2) is 5.65 Å². The normalized spacial score (nSPS) is 15.3. The Bertz CT molecular complexity index is 1490. The summed E-state index contributed by atoms with van der Waals surface area (Å²) in [5.74, 6) is 1.57. The smallest absolute Gasteiger partial charge is 0.279 e. The van der Waals surface area contributed by atoms with Crippen molar-refractivity contribution in [3.05, 3.63) is 83.7 Å². The van der Waals surface area contributed by atoms with Crippen LogP contribution < -0.4 is 9.62 Å². The van der Waals surface area contributed by atoms with Gasteiger partial charge in [-0.05, 0) is 61.8 Å². The zero-order valence-corrected chi connectivity index (χ0v) is 26.7. The zero-order valence-electron chi connectivity index (χ0n) is 25.9. The van der Waals surface area contributed by atoms with E-state index in [4.69, 9.17) is 19.6 Å². The van der Waals surface area contributed by atoms with E-state index in [2.05, 4.69) is 33.9 Å². The summed E-state index contributed by atoms with van der Waals surface area (Å²) in [7, 11) is 1.78. The highest BCUT2D eigenvalue weighted by atomic mass is 32.2. The van der Waals surface area contributed by atoms with Crippen molar-refractivity contribution in [3.63, 3.8) is 0 Å². The summed E-state index contributed by atoms with van der Waals surface area (Å²) in [6, 6.07) is 22.3. The molecule has 242 valence electrons. The summed E-state index contributed by atoms with van der Waals surface area (Å²) in [5, 5.41) is 6.26. The molecule has 0 atom stereocenters. The molecule has 1 aliphatic carbocycles. The lowest BCUT2D eigenvalue weighted by molar-refractivity contribution is 0.0979. The number of benzene rings is 2. The van der Waals surface area contributed by atoms with Crippen molar-refractivity contribution in [1.82, 2.24) is 19.5 Å². The van der Waals surface area contributed by atoms with E-state index >= 15 is 0 Å². The largest absolute Gasteiger partial charge is 0.412 e. The number of nitrogens with one attached hydrogen (secondary N) is 1. The fourth-order valence-corrected chi connectivity index (χ4v) is 6.55. The van der Waals surface area contributed by atoms with E-state index in [1.807, 2.05) is 47.1 Å². The van der Waals surface area contributed by atoms with E-state index in [0.717, 1.165) is 85.7 Å². The van der Waals surface area contributed by atoms with Gasteiger partial charge in [0, 0.05) is 45.1 Å². The lowest BCUT2D eigenvalue weighted by atomic mass is 9.82. The predicted molar refractivity (Wildman–Crippen MR) is 180 cm³/mol. The molecule has 2 aromatic heterocycles. The van der Waals surface area contributed by atoms with Gasteiger partial charge in [0.2, 0.25) is 0 Å². The minimum absolute atomic E-state index is 0. The van der Waals surface area contributed by atoms with Crippen LogP contribution >= 0.6 is 11.9 Å². The zero-order chi connectivity index (χ0) is 29.4. The van der Waals surface area contributed by atoms with E-state index in [9.17, 15) is 4.79 Å². The summed E-state index contributed by atoms with van der Waals surface area (Å²) in [6.45, 7) is 3.89. The standard InChI is InChI=1S/C34H41N5O3S.2H2O/c1-41-23-26-16-18-38(19-17-26)30-22-29(34(40)37-43-21-9-20-42-24-25-10-4-2-5-11-25)35-33-31(30)32(27-12-8-13-27)36-39(33)28-14-6-3-7-15-28;;/h2-7,10-11,14-15,22,26-27H,8-9,12-13,16-21,23-24H2,1H3,(H,37,40);2*1H2. The second kappa shape index (κ2) is 16.7. The van der Waals surface area contributed by atoms with Crippen LogP contribution in [0.3, 0.4) is 0 Å². The molecule has 45 heavy (non-hydrogen) atoms. The Balaban J connectivity index is 0.00000230. The fraction of sp³-hybridized carbons (Fsp3) is 0.441. The molecule has 1 saturated carbocycles. The molecule has 1 amide bonds. The fourth-order valence-electron chi connectivity index (χ4n) is 5.95. The first-order valence-corrected chi connectivity index (χ1v) is 16.5. The van der Waals surface area contributed by atoms with Gasteiger partial charge in [-0.2, -0.15) is 5.10 Å². The molecule has 1 saturated heterocycles. The topological polar surface area (TPSA) is 145 Å². The van der Waals surface area contributed by atoms with Gasteiger partial charge in [-0.15, -0.1) is 0 Å². The van der Waals surface area contributed by atoms with Crippen LogP contribution in [-0.2, 0) is 16.1 Å². The molecule has 10 nitrogen and oxygen atoms in total. The number of pyridine rings is 1. The van der Waals surface area contributed by atoms with Gasteiger partial charge >= 0.3 is 0 Å². The Hall–Kier alpha value is -3.48. The first kappa shape index (κ1) is 34.4. The van der Waals surface area contributed by atoms with E-state index in [1.165, 1.54) is 23.9 Å². The highest BCUT2D eigenvalue weighted by Gasteiger charge is 2.31. The van der Waals surface area contributed by atoms with Gasteiger partial charge in [-0.1, -0.05) is 66.9 Å². The van der Waals surface area contributed by atoms with Crippen molar-refractivity contribution in [2.45, 2.75) is 51.0 Å². The minimum Gasteiger partial charge on any atom is -0.412 e. The number of anilines is 1. The number of ether oxygens (including phenoxy) is 2. The number of piperidine rings is 1. The highest BCUT2D eigenvalue weighted by molar-refractivity contribution is 7.97. The lowest BCUT2D eigenvalue weighted by Crippen LogP contribution is -2.35. The molecule has 11 heteroatoms. The van der Waals surface area contributed by atoms with Gasteiger partial charge in [0.05, 0.1) is 29.1 Å². The van der Waals surface area contributed by atoms with Crippen molar-refractivity contribution < 1.29 is 25.2 Å². The Morgan fingerprint density at radius 2 is 1.71 bits per heavy atom. The SMILES string of the molecule is COCC1CCN(c2cc(C(=O)NSCCCOCc3ccccc3)nc3c2c(C2CCC2)nn3-c2ccccc2)CC1.O.O. The molecule has 1 aliphatic heterocycles. The summed E-state index contributed by atoms with van der Waals surface area (Å²) in [5.41, 5.74) is 5.50. The van der Waals surface area contributed by atoms with Crippen LogP contribution in [0.4, 0.5) is 5.69 Å². The number of hydrogen-bond acceptors (Lipinski definition) is 7. The second-order valence-electron chi connectivity index (χ2n) is 11.5. The summed E-state index contributed by atoms with van der Waals surface area (Å²) in [6.07, 6.45) is 6.48. The Morgan fingerprint density at radius 1 is 1.00 bits per heavy atom. The molecule has 2 fully saturated rings. The Kier molecular flexibility index (Phi) is 12.8. The Labute approximate surface area is 269 Å². The van der Waals surface area contributed by atoms with Crippen molar-refractivity contribution in [3.8, 4) is 5.69 Å². The van der Waals surface area contributed by atoms with E-state index in [0.29, 0.717) is 30.7 Å². The number of para-hydroxylation sites is 1. The maximum atomic E-state index is 13.5. The number of hydrogen-bond donors (Lipinski definition) is 1. The molecule has 2 aliphatic rings. The van der Waals surface area contributed by atoms with E-state index in [-0.39, 0.29) is 16.9 Å². The van der Waals surface area contributed by atoms with Gasteiger partial charge in [0.25, 0.3) is 5.91 Å². The number of methoxy groups -OCH3 is 1. The van der Waals surface area contributed by atoms with Crippen LogP contribution in [0.15, 0.2) is 66.7 Å². The quantitative estimate of drug-likeness (QED) is 0.163. The van der Waals surface area contributed by atoms with Crippen molar-refractivity contribution in [1.29, 1.82) is 0 Å². The van der Waals surface area contributed by atoms with Gasteiger partial charge in [0.1, 0.15) is 5.69 Å². The molecule has 0 unspecified atom stereocenters. The van der Waals surface area contributed by atoms with Crippen LogP contribution in [0.5, 0.6) is 0 Å². The van der Waals surface area contributed by atoms with E-state index < -0.39 is 0 Å². The van der Waals surface area contributed by atoms with Gasteiger partial charge < -0.3 is 25.3 Å². The number of rotatable bonds is 13. The molecule has 0 bridgehead atoms. The van der Waals surface area contributed by atoms with Crippen LogP contribution in [0.2, 0.25) is 0 Å². The van der Waals surface area contributed by atoms with Gasteiger partial charge in [-0.3, -0.25) is 9.52 Å². The molecule has 0 radical (unpaired) electrons. The highest BCUT2D eigenvalue weighted by Crippen LogP contribution is 2.43. The summed E-state index contributed by atoms with van der Waals surface area (Å²) < 4.78 is 16.2. The van der Waals surface area contributed by atoms with Crippen molar-refractivity contribution in [2.24, 2.45) is 5.92 Å². The third kappa shape index (κ3) is 8.22. The minimum atomic E-state index is -0.182. The molecule has 6 rings (SSSR count). The van der Waals surface area contributed by atoms with Crippen LogP contribution in [0, 0.1) is 5.92 Å². The predicted octanol–water partition coefficient (Wildman–Crippen LogP) is 4.89. The third-order valence-electron chi connectivity index (χ3n) is 8.54. The number of amides is 1. The first-order valence-electron chi connectivity index (χ1n) is 15.5. The number of carbonyl (C=O) groups is 1. The number of fused-ring (bicyclic) bond motifs is 1. The maximum Gasteiger partial charge on any atom is 0.279 e. The molecule has 2 aromatic carbocycles. The molecular weight excluding hydrogens is 590 g/mol. The average molecular weight is 636 g/mol. The molecule has 3 heterocycles. The monoisotopic (exact) mass is 635 g/mol. The maximum absolute atomic E-state index is 13.5. The number of aromatic nitrogens is 3. The first-order chi connectivity index (χ1) is 21.2. The summed E-state index contributed by atoms with van der Waals surface area (Å²) >= 11 is 1.41. The Morgan fingerprint density at radius 3 is 2.38 bits per heavy atom. The van der Waals surface area contributed by atoms with Crippen LogP contribution in [0.25, 0.3) is 16.7 Å². The van der Waals surface area contributed by atoms with E-state index in [1.54, 1.807) is 7.11 Å². The number of nitrogens with zero attached hydrogens (tertiary/aromatic N) is 4. The van der Waals surface area contributed by atoms with Crippen molar-refractivity contribution >= 4 is 34.6 Å². The molecular formula is C34H45N5O5S. The average Bonchev–Trinajstić information content (AvgIpc) is 3.39. The molecule has 4 aromatic rings. The van der Waals surface area contributed by atoms with Gasteiger partial charge in [-0.25, -0.2) is 9.67 Å². The van der Waals surface area contributed by atoms with Crippen molar-refractivity contribution in [2.75, 3.05) is 44.1 Å². The van der Waals surface area contributed by atoms with Crippen LogP contribution in [-0.4, -0.2) is 70.8 Å². The lowest BCUT2D eigenvalue weighted by Gasteiger charge is -2.34. The third-order valence-corrected chi connectivity index (χ3v) is 9.36. The second-order valence-corrected chi connectivity index (χ2v) is 12.4. The molecule has 0 spiro atoms. The molecule has 5 N–H and O–H groups in total. The number of carbonyl (C=O) groups excluding carboxylic acids is 1. The summed E-state index contributed by atoms with van der Waals surface area (Å²) in [4.78, 5) is 20.9. The van der Waals surface area contributed by atoms with Crippen LogP contribution in [0.1, 0.15) is 66.2 Å².